The third-order valence-electron chi connectivity index (χ3n) is 2.71. The molecule has 0 amide bonds. The third kappa shape index (κ3) is 3.41. The van der Waals surface area contributed by atoms with Crippen LogP contribution in [0.1, 0.15) is 5.56 Å². The molecule has 0 bridgehead atoms. The largest absolute Gasteiger partial charge is 0.365 e. The first-order chi connectivity index (χ1) is 9.08. The van der Waals surface area contributed by atoms with Gasteiger partial charge in [0.25, 0.3) is 5.56 Å². The molecular formula is C13H13BrFN3O. The standard InChI is InChI=1S/C13H13BrFN3O/c1-18-7-6-17-12(13(18)19)16-5-4-9-8-10(14)2-3-11(9)15/h2-3,6-8H,4-5H2,1H3,(H,16,17). The summed E-state index contributed by atoms with van der Waals surface area (Å²) in [5, 5.41) is 2.92. The Morgan fingerprint density at radius 1 is 1.47 bits per heavy atom. The molecule has 19 heavy (non-hydrogen) atoms. The van der Waals surface area contributed by atoms with Crippen molar-refractivity contribution in [1.29, 1.82) is 0 Å². The number of hydrogen-bond acceptors (Lipinski definition) is 3. The van der Waals surface area contributed by atoms with E-state index in [9.17, 15) is 9.18 Å². The number of aromatic nitrogens is 2. The van der Waals surface area contributed by atoms with E-state index in [0.717, 1.165) is 4.47 Å². The number of aryl methyl sites for hydroxylation is 1. The van der Waals surface area contributed by atoms with Crippen LogP contribution in [0.15, 0.2) is 39.9 Å². The summed E-state index contributed by atoms with van der Waals surface area (Å²) in [5.41, 5.74) is 0.395. The fourth-order valence-corrected chi connectivity index (χ4v) is 2.08. The van der Waals surface area contributed by atoms with E-state index in [4.69, 9.17) is 0 Å². The second-order valence-corrected chi connectivity index (χ2v) is 5.02. The summed E-state index contributed by atoms with van der Waals surface area (Å²) in [6, 6.07) is 4.80. The summed E-state index contributed by atoms with van der Waals surface area (Å²) < 4.78 is 15.8. The Balaban J connectivity index is 2.02. The molecule has 0 atom stereocenters. The second-order valence-electron chi connectivity index (χ2n) is 4.10. The van der Waals surface area contributed by atoms with Crippen molar-refractivity contribution in [2.75, 3.05) is 11.9 Å². The zero-order valence-electron chi connectivity index (χ0n) is 10.4. The van der Waals surface area contributed by atoms with Crippen LogP contribution < -0.4 is 10.9 Å². The predicted molar refractivity (Wildman–Crippen MR) is 75.8 cm³/mol. The van der Waals surface area contributed by atoms with E-state index in [1.807, 2.05) is 0 Å². The van der Waals surface area contributed by atoms with Crippen LogP contribution in [0.2, 0.25) is 0 Å². The van der Waals surface area contributed by atoms with Crippen LogP contribution in [0.3, 0.4) is 0 Å². The van der Waals surface area contributed by atoms with Gasteiger partial charge < -0.3 is 9.88 Å². The van der Waals surface area contributed by atoms with Gasteiger partial charge in [-0.15, -0.1) is 0 Å². The number of anilines is 1. The SMILES string of the molecule is Cn1ccnc(NCCc2cc(Br)ccc2F)c1=O. The predicted octanol–water partition coefficient (Wildman–Crippen LogP) is 2.34. The Morgan fingerprint density at radius 2 is 2.26 bits per heavy atom. The molecule has 1 aromatic heterocycles. The maximum absolute atomic E-state index is 13.5. The summed E-state index contributed by atoms with van der Waals surface area (Å²) in [5.74, 6) is 0.0272. The van der Waals surface area contributed by atoms with Gasteiger partial charge in [-0.25, -0.2) is 9.37 Å². The van der Waals surface area contributed by atoms with E-state index >= 15 is 0 Å². The molecule has 100 valence electrons. The Morgan fingerprint density at radius 3 is 3.05 bits per heavy atom. The number of rotatable bonds is 4. The van der Waals surface area contributed by atoms with Crippen molar-refractivity contribution in [1.82, 2.24) is 9.55 Å². The summed E-state index contributed by atoms with van der Waals surface area (Å²) in [4.78, 5) is 15.7. The zero-order valence-corrected chi connectivity index (χ0v) is 11.9. The van der Waals surface area contributed by atoms with Gasteiger partial charge in [-0.3, -0.25) is 4.79 Å². The van der Waals surface area contributed by atoms with Crippen molar-refractivity contribution in [3.05, 3.63) is 56.8 Å². The molecule has 0 aliphatic heterocycles. The van der Waals surface area contributed by atoms with Gasteiger partial charge in [0.05, 0.1) is 0 Å². The molecule has 1 N–H and O–H groups in total. The Kier molecular flexibility index (Phi) is 4.31. The highest BCUT2D eigenvalue weighted by Crippen LogP contribution is 2.15. The van der Waals surface area contributed by atoms with Gasteiger partial charge in [-0.05, 0) is 30.2 Å². The monoisotopic (exact) mass is 325 g/mol. The fourth-order valence-electron chi connectivity index (χ4n) is 1.67. The average Bonchev–Trinajstić information content (AvgIpc) is 2.38. The van der Waals surface area contributed by atoms with E-state index in [-0.39, 0.29) is 17.2 Å². The van der Waals surface area contributed by atoms with Crippen LogP contribution >= 0.6 is 15.9 Å². The molecule has 1 heterocycles. The van der Waals surface area contributed by atoms with Gasteiger partial charge in [-0.1, -0.05) is 15.9 Å². The Bertz CT molecular complexity index is 642. The van der Waals surface area contributed by atoms with E-state index in [1.54, 1.807) is 31.6 Å². The lowest BCUT2D eigenvalue weighted by Gasteiger charge is -2.07. The van der Waals surface area contributed by atoms with Crippen molar-refractivity contribution in [2.45, 2.75) is 6.42 Å². The molecule has 0 spiro atoms. The molecule has 6 heteroatoms. The van der Waals surface area contributed by atoms with Gasteiger partial charge in [0, 0.05) is 30.5 Å². The minimum atomic E-state index is -0.251. The lowest BCUT2D eigenvalue weighted by atomic mass is 10.1. The van der Waals surface area contributed by atoms with E-state index in [0.29, 0.717) is 18.5 Å². The topological polar surface area (TPSA) is 46.9 Å². The lowest BCUT2D eigenvalue weighted by molar-refractivity contribution is 0.610. The molecule has 2 rings (SSSR count). The highest BCUT2D eigenvalue weighted by Gasteiger charge is 2.05. The first-order valence-corrected chi connectivity index (χ1v) is 6.56. The molecule has 0 aliphatic carbocycles. The van der Waals surface area contributed by atoms with E-state index < -0.39 is 0 Å². The Hall–Kier alpha value is -1.69. The smallest absolute Gasteiger partial charge is 0.293 e. The molecule has 0 aliphatic rings. The van der Waals surface area contributed by atoms with Gasteiger partial charge in [0.15, 0.2) is 5.82 Å². The van der Waals surface area contributed by atoms with Crippen LogP contribution in [0.4, 0.5) is 10.2 Å². The highest BCUT2D eigenvalue weighted by molar-refractivity contribution is 9.10. The quantitative estimate of drug-likeness (QED) is 0.938. The molecule has 0 unspecified atom stereocenters. The van der Waals surface area contributed by atoms with E-state index in [2.05, 4.69) is 26.2 Å². The molecule has 0 fully saturated rings. The summed E-state index contributed by atoms with van der Waals surface area (Å²) >= 11 is 3.30. The number of benzene rings is 1. The van der Waals surface area contributed by atoms with Gasteiger partial charge in [0.2, 0.25) is 0 Å². The van der Waals surface area contributed by atoms with Gasteiger partial charge in [-0.2, -0.15) is 0 Å². The maximum atomic E-state index is 13.5. The first-order valence-electron chi connectivity index (χ1n) is 5.77. The van der Waals surface area contributed by atoms with Crippen LogP contribution in [-0.2, 0) is 13.5 Å². The number of nitrogens with one attached hydrogen (secondary N) is 1. The second kappa shape index (κ2) is 5.97. The maximum Gasteiger partial charge on any atom is 0.293 e. The zero-order chi connectivity index (χ0) is 13.8. The molecular weight excluding hydrogens is 313 g/mol. The van der Waals surface area contributed by atoms with Crippen molar-refractivity contribution in [2.24, 2.45) is 7.05 Å². The fraction of sp³-hybridized carbons (Fsp3) is 0.231. The first kappa shape index (κ1) is 13.7. The van der Waals surface area contributed by atoms with Crippen molar-refractivity contribution in [3.8, 4) is 0 Å². The van der Waals surface area contributed by atoms with E-state index in [1.165, 1.54) is 10.6 Å². The molecule has 0 radical (unpaired) electrons. The summed E-state index contributed by atoms with van der Waals surface area (Å²) in [6.45, 7) is 0.444. The Labute approximate surface area is 118 Å². The number of nitrogens with zero attached hydrogens (tertiary/aromatic N) is 2. The van der Waals surface area contributed by atoms with Crippen LogP contribution in [-0.4, -0.2) is 16.1 Å². The van der Waals surface area contributed by atoms with Gasteiger partial charge >= 0.3 is 0 Å². The molecule has 0 saturated heterocycles. The van der Waals surface area contributed by atoms with Crippen LogP contribution in [0.5, 0.6) is 0 Å². The summed E-state index contributed by atoms with van der Waals surface area (Å²) in [7, 11) is 1.66. The highest BCUT2D eigenvalue weighted by atomic mass is 79.9. The summed E-state index contributed by atoms with van der Waals surface area (Å²) in [6.07, 6.45) is 3.61. The number of halogens is 2. The van der Waals surface area contributed by atoms with Crippen LogP contribution in [0.25, 0.3) is 0 Å². The minimum absolute atomic E-state index is 0.197. The lowest BCUT2D eigenvalue weighted by Crippen LogP contribution is -2.22. The average molecular weight is 326 g/mol. The molecule has 1 aromatic carbocycles. The van der Waals surface area contributed by atoms with Crippen molar-refractivity contribution >= 4 is 21.7 Å². The van der Waals surface area contributed by atoms with Gasteiger partial charge in [0.1, 0.15) is 5.82 Å². The van der Waals surface area contributed by atoms with Crippen LogP contribution in [0, 0.1) is 5.82 Å². The molecule has 0 saturated carbocycles. The normalized spacial score (nSPS) is 10.5. The number of hydrogen-bond donors (Lipinski definition) is 1. The molecule has 2 aromatic rings. The van der Waals surface area contributed by atoms with Crippen molar-refractivity contribution in [3.63, 3.8) is 0 Å². The van der Waals surface area contributed by atoms with Crippen molar-refractivity contribution < 1.29 is 4.39 Å². The third-order valence-corrected chi connectivity index (χ3v) is 3.20. The molecule has 4 nitrogen and oxygen atoms in total. The minimum Gasteiger partial charge on any atom is -0.365 e.